The van der Waals surface area contributed by atoms with Gasteiger partial charge in [-0.3, -0.25) is 14.4 Å². The third-order valence-corrected chi connectivity index (χ3v) is 6.58. The van der Waals surface area contributed by atoms with Crippen LogP contribution in [0, 0.1) is 17.3 Å². The summed E-state index contributed by atoms with van der Waals surface area (Å²) in [6, 6.07) is 9.99. The number of hydrogen-bond acceptors (Lipinski definition) is 6. The number of carboxylic acid groups (broad SMARTS) is 1. The van der Waals surface area contributed by atoms with Crippen LogP contribution in [-0.4, -0.2) is 48.9 Å². The van der Waals surface area contributed by atoms with E-state index in [9.17, 15) is 19.5 Å². The Morgan fingerprint density at radius 3 is 2.38 bits per heavy atom. The van der Waals surface area contributed by atoms with E-state index < -0.39 is 29.2 Å². The monoisotopic (exact) mass is 476 g/mol. The van der Waals surface area contributed by atoms with E-state index in [2.05, 4.69) is 6.92 Å². The smallest absolute Gasteiger partial charge is 0.311 e. The molecule has 0 amide bonds. The van der Waals surface area contributed by atoms with Gasteiger partial charge in [0.25, 0.3) is 0 Å². The summed E-state index contributed by atoms with van der Waals surface area (Å²) in [7, 11) is 0. The summed E-state index contributed by atoms with van der Waals surface area (Å²) < 4.78 is 16.2. The van der Waals surface area contributed by atoms with Crippen molar-refractivity contribution in [2.75, 3.05) is 19.8 Å². The zero-order chi connectivity index (χ0) is 25.1. The summed E-state index contributed by atoms with van der Waals surface area (Å²) >= 11 is 0. The molecule has 1 N–H and O–H groups in total. The average Bonchev–Trinajstić information content (AvgIpc) is 3.65. The maximum atomic E-state index is 13.2. The number of unbranched alkanes of at least 4 members (excludes halogenated alkanes) is 1. The molecule has 0 aliphatic carbocycles. The molecule has 1 aromatic carbocycles. The second kappa shape index (κ2) is 13.5. The first-order valence-corrected chi connectivity index (χ1v) is 12.4. The molecular weight excluding hydrogens is 436 g/mol. The first-order valence-electron chi connectivity index (χ1n) is 12.4. The second-order valence-electron chi connectivity index (χ2n) is 9.73. The van der Waals surface area contributed by atoms with E-state index in [4.69, 9.17) is 14.2 Å². The van der Waals surface area contributed by atoms with Gasteiger partial charge in [-0.05, 0) is 50.5 Å². The zero-order valence-electron chi connectivity index (χ0n) is 21.0. The molecule has 2 rings (SSSR count). The lowest BCUT2D eigenvalue weighted by atomic mass is 9.72. The zero-order valence-corrected chi connectivity index (χ0v) is 21.0. The maximum Gasteiger partial charge on any atom is 0.311 e. The van der Waals surface area contributed by atoms with Gasteiger partial charge in [-0.15, -0.1) is 0 Å². The van der Waals surface area contributed by atoms with Crippen molar-refractivity contribution in [1.82, 2.24) is 0 Å². The van der Waals surface area contributed by atoms with Crippen molar-refractivity contribution in [3.8, 4) is 0 Å². The maximum absolute atomic E-state index is 13.2. The predicted molar refractivity (Wildman–Crippen MR) is 128 cm³/mol. The van der Waals surface area contributed by atoms with Crippen LogP contribution in [0.1, 0.15) is 77.7 Å². The minimum absolute atomic E-state index is 0.0769. The second-order valence-corrected chi connectivity index (χ2v) is 9.73. The standard InChI is InChI=1S/C27H40O7/c1-5-7-13-32-25(30)22(14-20(6-2)21-11-9-8-10-12-21)16-27(4,15-19(3)24(28)29)26(31)34-18-23-17-33-23/h8-12,19-20,22-23H,5-7,13-18H2,1-4H3,(H,28,29). The summed E-state index contributed by atoms with van der Waals surface area (Å²) in [5.41, 5.74) is -0.0127. The van der Waals surface area contributed by atoms with Crippen molar-refractivity contribution in [1.29, 1.82) is 0 Å². The van der Waals surface area contributed by atoms with E-state index in [1.165, 1.54) is 0 Å². The number of hydrogen-bond donors (Lipinski definition) is 1. The molecule has 1 aliphatic heterocycles. The molecule has 1 aliphatic rings. The van der Waals surface area contributed by atoms with Crippen LogP contribution in [0.5, 0.6) is 0 Å². The van der Waals surface area contributed by atoms with Crippen LogP contribution in [0.4, 0.5) is 0 Å². The number of carbonyl (C=O) groups is 3. The van der Waals surface area contributed by atoms with E-state index in [0.29, 0.717) is 19.6 Å². The highest BCUT2D eigenvalue weighted by atomic mass is 16.6. The van der Waals surface area contributed by atoms with E-state index >= 15 is 0 Å². The molecule has 190 valence electrons. The highest BCUT2D eigenvalue weighted by molar-refractivity contribution is 5.80. The van der Waals surface area contributed by atoms with Crippen LogP contribution in [-0.2, 0) is 28.6 Å². The normalized spacial score (nSPS) is 19.4. The van der Waals surface area contributed by atoms with Crippen LogP contribution >= 0.6 is 0 Å². The van der Waals surface area contributed by atoms with Crippen LogP contribution in [0.2, 0.25) is 0 Å². The Labute approximate surface area is 203 Å². The third-order valence-electron chi connectivity index (χ3n) is 6.58. The molecule has 7 nitrogen and oxygen atoms in total. The molecular formula is C27H40O7. The van der Waals surface area contributed by atoms with Crippen LogP contribution in [0.3, 0.4) is 0 Å². The summed E-state index contributed by atoms with van der Waals surface area (Å²) in [6.07, 6.45) is 3.17. The van der Waals surface area contributed by atoms with Gasteiger partial charge in [-0.1, -0.05) is 57.5 Å². The van der Waals surface area contributed by atoms with Gasteiger partial charge in [0.2, 0.25) is 0 Å². The predicted octanol–water partition coefficient (Wildman–Crippen LogP) is 4.98. The number of epoxide rings is 1. The molecule has 5 atom stereocenters. The molecule has 1 saturated heterocycles. The van der Waals surface area contributed by atoms with Gasteiger partial charge < -0.3 is 19.3 Å². The Morgan fingerprint density at radius 1 is 1.15 bits per heavy atom. The van der Waals surface area contributed by atoms with Gasteiger partial charge in [-0.25, -0.2) is 0 Å². The highest BCUT2D eigenvalue weighted by Crippen LogP contribution is 2.39. The molecule has 0 aromatic heterocycles. The fourth-order valence-corrected chi connectivity index (χ4v) is 4.37. The Bertz CT molecular complexity index is 789. The third kappa shape index (κ3) is 8.75. The average molecular weight is 477 g/mol. The molecule has 34 heavy (non-hydrogen) atoms. The van der Waals surface area contributed by atoms with E-state index in [-0.39, 0.29) is 37.4 Å². The Hall–Kier alpha value is -2.41. The highest BCUT2D eigenvalue weighted by Gasteiger charge is 2.43. The van der Waals surface area contributed by atoms with Crippen molar-refractivity contribution in [2.45, 2.75) is 78.2 Å². The van der Waals surface area contributed by atoms with Gasteiger partial charge in [0, 0.05) is 0 Å². The van der Waals surface area contributed by atoms with Gasteiger partial charge in [-0.2, -0.15) is 0 Å². The van der Waals surface area contributed by atoms with Crippen LogP contribution in [0.25, 0.3) is 0 Å². The number of ether oxygens (including phenoxy) is 3. The number of benzene rings is 1. The number of rotatable bonds is 16. The lowest BCUT2D eigenvalue weighted by molar-refractivity contribution is -0.161. The lowest BCUT2D eigenvalue weighted by Gasteiger charge is -2.33. The molecule has 0 bridgehead atoms. The van der Waals surface area contributed by atoms with Crippen molar-refractivity contribution in [2.24, 2.45) is 17.3 Å². The molecule has 0 spiro atoms. The Kier molecular flexibility index (Phi) is 11.0. The first kappa shape index (κ1) is 27.8. The minimum Gasteiger partial charge on any atom is -0.481 e. The molecule has 1 aromatic rings. The fourth-order valence-electron chi connectivity index (χ4n) is 4.37. The summed E-state index contributed by atoms with van der Waals surface area (Å²) in [5.74, 6) is -3.02. The Morgan fingerprint density at radius 2 is 1.82 bits per heavy atom. The quantitative estimate of drug-likeness (QED) is 0.204. The Balaban J connectivity index is 2.27. The number of aliphatic carboxylic acids is 1. The van der Waals surface area contributed by atoms with E-state index in [0.717, 1.165) is 24.8 Å². The van der Waals surface area contributed by atoms with Crippen molar-refractivity contribution in [3.05, 3.63) is 35.9 Å². The molecule has 0 radical (unpaired) electrons. The van der Waals surface area contributed by atoms with Gasteiger partial charge >= 0.3 is 17.9 Å². The lowest BCUT2D eigenvalue weighted by Crippen LogP contribution is -2.38. The van der Waals surface area contributed by atoms with E-state index in [1.807, 2.05) is 37.3 Å². The van der Waals surface area contributed by atoms with Crippen molar-refractivity contribution < 1.29 is 33.7 Å². The SMILES string of the molecule is CCCCOC(=O)C(CC(CC)c1ccccc1)CC(C)(CC(C)C(=O)O)C(=O)OCC1CO1. The molecule has 0 saturated carbocycles. The van der Waals surface area contributed by atoms with Gasteiger partial charge in [0.1, 0.15) is 12.7 Å². The van der Waals surface area contributed by atoms with Crippen LogP contribution in [0.15, 0.2) is 30.3 Å². The first-order chi connectivity index (χ1) is 16.2. The number of esters is 2. The van der Waals surface area contributed by atoms with Crippen LogP contribution < -0.4 is 0 Å². The summed E-state index contributed by atoms with van der Waals surface area (Å²) in [5, 5.41) is 9.51. The molecule has 1 heterocycles. The van der Waals surface area contributed by atoms with Gasteiger partial charge in [0.15, 0.2) is 0 Å². The van der Waals surface area contributed by atoms with Crippen molar-refractivity contribution >= 4 is 17.9 Å². The number of carboxylic acids is 1. The largest absolute Gasteiger partial charge is 0.481 e. The molecule has 7 heteroatoms. The topological polar surface area (TPSA) is 102 Å². The van der Waals surface area contributed by atoms with Gasteiger partial charge in [0.05, 0.1) is 30.5 Å². The summed E-state index contributed by atoms with van der Waals surface area (Å²) in [4.78, 5) is 38.0. The molecule has 1 fully saturated rings. The molecule has 5 unspecified atom stereocenters. The van der Waals surface area contributed by atoms with Crippen molar-refractivity contribution in [3.63, 3.8) is 0 Å². The minimum atomic E-state index is -1.14. The fraction of sp³-hybridized carbons (Fsp3) is 0.667. The summed E-state index contributed by atoms with van der Waals surface area (Å²) in [6.45, 7) is 8.41. The van der Waals surface area contributed by atoms with E-state index in [1.54, 1.807) is 13.8 Å². The number of carbonyl (C=O) groups excluding carboxylic acids is 2.